The van der Waals surface area contributed by atoms with Crippen LogP contribution in [0.1, 0.15) is 44.9 Å². The quantitative estimate of drug-likeness (QED) is 0.669. The lowest BCUT2D eigenvalue weighted by molar-refractivity contribution is 0.287. The standard InChI is InChI=1S/C10H19N.ClH/c1-2-5-9(6-3-1)10-7-4-8-11-10;/h9-11H,1-8H2;1H/t10-;/m0./s1. The molecule has 1 atom stereocenters. The summed E-state index contributed by atoms with van der Waals surface area (Å²) in [6.07, 6.45) is 10.3. The molecule has 0 aromatic rings. The molecule has 1 aliphatic heterocycles. The molecule has 2 fully saturated rings. The van der Waals surface area contributed by atoms with E-state index in [1.54, 1.807) is 0 Å². The van der Waals surface area contributed by atoms with Gasteiger partial charge in [0.1, 0.15) is 0 Å². The maximum absolute atomic E-state index is 3.63. The molecule has 1 saturated heterocycles. The lowest BCUT2D eigenvalue weighted by atomic mass is 9.83. The Hall–Kier alpha value is 0.250. The first-order chi connectivity index (χ1) is 5.47. The summed E-state index contributed by atoms with van der Waals surface area (Å²) >= 11 is 0. The van der Waals surface area contributed by atoms with E-state index < -0.39 is 0 Å². The predicted molar refractivity (Wildman–Crippen MR) is 54.8 cm³/mol. The Bertz CT molecular complexity index is 115. The molecule has 1 N–H and O–H groups in total. The average Bonchev–Trinajstić information content (AvgIpc) is 2.58. The van der Waals surface area contributed by atoms with E-state index in [9.17, 15) is 0 Å². The smallest absolute Gasteiger partial charge is 0.00957 e. The van der Waals surface area contributed by atoms with Gasteiger partial charge in [0.25, 0.3) is 0 Å². The largest absolute Gasteiger partial charge is 0.314 e. The van der Waals surface area contributed by atoms with E-state index in [-0.39, 0.29) is 12.4 Å². The molecular weight excluding hydrogens is 170 g/mol. The molecule has 72 valence electrons. The summed E-state index contributed by atoms with van der Waals surface area (Å²) in [5, 5.41) is 3.63. The molecule has 12 heavy (non-hydrogen) atoms. The van der Waals surface area contributed by atoms with Crippen molar-refractivity contribution in [1.82, 2.24) is 5.32 Å². The summed E-state index contributed by atoms with van der Waals surface area (Å²) in [5.74, 6) is 1.03. The van der Waals surface area contributed by atoms with Gasteiger partial charge in [0.15, 0.2) is 0 Å². The van der Waals surface area contributed by atoms with Crippen molar-refractivity contribution in [3.05, 3.63) is 0 Å². The van der Waals surface area contributed by atoms with E-state index in [1.807, 2.05) is 0 Å². The summed E-state index contributed by atoms with van der Waals surface area (Å²) in [6, 6.07) is 0.898. The fourth-order valence-electron chi connectivity index (χ4n) is 2.65. The highest BCUT2D eigenvalue weighted by Gasteiger charge is 2.25. The molecule has 1 aliphatic carbocycles. The molecule has 2 aliphatic rings. The second-order valence-electron chi connectivity index (χ2n) is 4.10. The maximum Gasteiger partial charge on any atom is 0.00957 e. The predicted octanol–water partition coefficient (Wildman–Crippen LogP) is 2.74. The summed E-state index contributed by atoms with van der Waals surface area (Å²) in [7, 11) is 0. The van der Waals surface area contributed by atoms with Crippen molar-refractivity contribution in [2.75, 3.05) is 6.54 Å². The van der Waals surface area contributed by atoms with Gasteiger partial charge < -0.3 is 5.32 Å². The summed E-state index contributed by atoms with van der Waals surface area (Å²) in [4.78, 5) is 0. The van der Waals surface area contributed by atoms with Crippen molar-refractivity contribution >= 4 is 12.4 Å². The van der Waals surface area contributed by atoms with Gasteiger partial charge in [-0.2, -0.15) is 0 Å². The van der Waals surface area contributed by atoms with Gasteiger partial charge in [-0.25, -0.2) is 0 Å². The highest BCUT2D eigenvalue weighted by atomic mass is 35.5. The van der Waals surface area contributed by atoms with Crippen molar-refractivity contribution in [2.45, 2.75) is 51.0 Å². The average molecular weight is 190 g/mol. The molecule has 1 saturated carbocycles. The zero-order chi connectivity index (χ0) is 7.52. The molecule has 1 heterocycles. The van der Waals surface area contributed by atoms with Crippen LogP contribution in [-0.4, -0.2) is 12.6 Å². The third kappa shape index (κ3) is 2.37. The van der Waals surface area contributed by atoms with Crippen LogP contribution in [0.2, 0.25) is 0 Å². The normalized spacial score (nSPS) is 31.5. The molecule has 0 amide bonds. The molecule has 0 aromatic carbocycles. The van der Waals surface area contributed by atoms with E-state index >= 15 is 0 Å². The Morgan fingerprint density at radius 1 is 0.833 bits per heavy atom. The Balaban J connectivity index is 0.000000720. The monoisotopic (exact) mass is 189 g/mol. The summed E-state index contributed by atoms with van der Waals surface area (Å²) in [5.41, 5.74) is 0. The minimum absolute atomic E-state index is 0. The molecule has 0 unspecified atom stereocenters. The number of hydrogen-bond acceptors (Lipinski definition) is 1. The second-order valence-corrected chi connectivity index (χ2v) is 4.10. The van der Waals surface area contributed by atoms with Crippen LogP contribution in [0.15, 0.2) is 0 Å². The van der Waals surface area contributed by atoms with Gasteiger partial charge in [-0.3, -0.25) is 0 Å². The third-order valence-corrected chi connectivity index (χ3v) is 3.32. The SMILES string of the molecule is C1CCC([C@@H]2CCCN2)CC1.Cl. The Morgan fingerprint density at radius 3 is 2.17 bits per heavy atom. The van der Waals surface area contributed by atoms with E-state index in [4.69, 9.17) is 0 Å². The van der Waals surface area contributed by atoms with Gasteiger partial charge in [0.05, 0.1) is 0 Å². The van der Waals surface area contributed by atoms with Gasteiger partial charge >= 0.3 is 0 Å². The minimum atomic E-state index is 0. The zero-order valence-corrected chi connectivity index (χ0v) is 8.54. The van der Waals surface area contributed by atoms with E-state index in [0.717, 1.165) is 12.0 Å². The molecule has 0 spiro atoms. The van der Waals surface area contributed by atoms with Crippen molar-refractivity contribution < 1.29 is 0 Å². The zero-order valence-electron chi connectivity index (χ0n) is 7.72. The lowest BCUT2D eigenvalue weighted by Crippen LogP contribution is -2.31. The van der Waals surface area contributed by atoms with Crippen LogP contribution >= 0.6 is 12.4 Å². The second kappa shape index (κ2) is 5.08. The lowest BCUT2D eigenvalue weighted by Gasteiger charge is -2.27. The number of nitrogens with one attached hydrogen (secondary N) is 1. The van der Waals surface area contributed by atoms with Crippen molar-refractivity contribution in [2.24, 2.45) is 5.92 Å². The number of hydrogen-bond donors (Lipinski definition) is 1. The first-order valence-corrected chi connectivity index (χ1v) is 5.20. The molecule has 0 radical (unpaired) electrons. The van der Waals surface area contributed by atoms with Gasteiger partial charge in [-0.1, -0.05) is 19.3 Å². The van der Waals surface area contributed by atoms with Crippen LogP contribution < -0.4 is 5.32 Å². The van der Waals surface area contributed by atoms with Crippen molar-refractivity contribution in [3.8, 4) is 0 Å². The summed E-state index contributed by atoms with van der Waals surface area (Å²) in [6.45, 7) is 1.28. The van der Waals surface area contributed by atoms with E-state index in [1.165, 1.54) is 51.5 Å². The highest BCUT2D eigenvalue weighted by molar-refractivity contribution is 5.85. The molecule has 0 bridgehead atoms. The van der Waals surface area contributed by atoms with E-state index in [0.29, 0.717) is 0 Å². The van der Waals surface area contributed by atoms with Crippen LogP contribution in [0.25, 0.3) is 0 Å². The summed E-state index contributed by atoms with van der Waals surface area (Å²) < 4.78 is 0. The van der Waals surface area contributed by atoms with Crippen LogP contribution in [-0.2, 0) is 0 Å². The first-order valence-electron chi connectivity index (χ1n) is 5.20. The van der Waals surface area contributed by atoms with E-state index in [2.05, 4.69) is 5.32 Å². The van der Waals surface area contributed by atoms with Gasteiger partial charge in [-0.15, -0.1) is 12.4 Å². The van der Waals surface area contributed by atoms with Gasteiger partial charge in [-0.05, 0) is 38.1 Å². The Labute approximate surface area is 81.7 Å². The highest BCUT2D eigenvalue weighted by Crippen LogP contribution is 2.29. The van der Waals surface area contributed by atoms with Crippen molar-refractivity contribution in [1.29, 1.82) is 0 Å². The Kier molecular flexibility index (Phi) is 4.38. The molecular formula is C10H20ClN. The minimum Gasteiger partial charge on any atom is -0.314 e. The van der Waals surface area contributed by atoms with Crippen LogP contribution in [0.3, 0.4) is 0 Å². The molecule has 2 rings (SSSR count). The number of rotatable bonds is 1. The van der Waals surface area contributed by atoms with Crippen LogP contribution in [0.5, 0.6) is 0 Å². The van der Waals surface area contributed by atoms with Gasteiger partial charge in [0.2, 0.25) is 0 Å². The fourth-order valence-corrected chi connectivity index (χ4v) is 2.65. The van der Waals surface area contributed by atoms with Crippen LogP contribution in [0.4, 0.5) is 0 Å². The molecule has 1 nitrogen and oxygen atoms in total. The molecule has 2 heteroatoms. The number of halogens is 1. The maximum atomic E-state index is 3.63. The fraction of sp³-hybridized carbons (Fsp3) is 1.00. The first kappa shape index (κ1) is 10.3. The Morgan fingerprint density at radius 2 is 1.58 bits per heavy atom. The van der Waals surface area contributed by atoms with Crippen LogP contribution in [0, 0.1) is 5.92 Å². The van der Waals surface area contributed by atoms with Gasteiger partial charge in [0, 0.05) is 6.04 Å². The van der Waals surface area contributed by atoms with Crippen molar-refractivity contribution in [3.63, 3.8) is 0 Å². The molecule has 0 aromatic heterocycles. The third-order valence-electron chi connectivity index (χ3n) is 3.32. The topological polar surface area (TPSA) is 12.0 Å².